The number of carbonyl (C=O) groups excluding carboxylic acids is 1. The molecule has 0 aliphatic heterocycles. The molecular weight excluding hydrogens is 439 g/mol. The van der Waals surface area contributed by atoms with Gasteiger partial charge in [0.1, 0.15) is 5.58 Å². The molecule has 0 radical (unpaired) electrons. The van der Waals surface area contributed by atoms with Crippen molar-refractivity contribution in [3.8, 4) is 0 Å². The Kier molecular flexibility index (Phi) is 5.34. The van der Waals surface area contributed by atoms with E-state index in [0.717, 1.165) is 21.5 Å². The van der Waals surface area contributed by atoms with E-state index in [2.05, 4.69) is 10.3 Å². The van der Waals surface area contributed by atoms with E-state index < -0.39 is 0 Å². The van der Waals surface area contributed by atoms with Crippen LogP contribution in [0.2, 0.25) is 15.1 Å². The lowest BCUT2D eigenvalue weighted by Gasteiger charge is -2.02. The average molecular weight is 452 g/mol. The largest absolute Gasteiger partial charge is 0.451 e. The third kappa shape index (κ3) is 4.03. The molecule has 0 bridgehead atoms. The van der Waals surface area contributed by atoms with Crippen molar-refractivity contribution in [3.63, 3.8) is 0 Å². The Bertz CT molecular complexity index is 1200. The van der Waals surface area contributed by atoms with Crippen LogP contribution in [0.25, 0.3) is 11.0 Å². The number of aromatic nitrogens is 1. The Morgan fingerprint density at radius 3 is 2.71 bits per heavy atom. The van der Waals surface area contributed by atoms with Crippen molar-refractivity contribution in [1.82, 2.24) is 4.98 Å². The first-order valence-corrected chi connectivity index (χ1v) is 10.2. The van der Waals surface area contributed by atoms with E-state index in [-0.39, 0.29) is 11.7 Å². The molecule has 0 atom stereocenters. The molecule has 1 N–H and O–H groups in total. The summed E-state index contributed by atoms with van der Waals surface area (Å²) in [4.78, 5) is 18.0. The second-order valence-corrected chi connectivity index (χ2v) is 8.53. The molecule has 4 rings (SSSR count). The van der Waals surface area contributed by atoms with E-state index in [1.807, 2.05) is 19.1 Å². The highest BCUT2D eigenvalue weighted by molar-refractivity contribution is 7.15. The number of anilines is 1. The maximum Gasteiger partial charge on any atom is 0.293 e. The lowest BCUT2D eigenvalue weighted by Crippen LogP contribution is -2.10. The van der Waals surface area contributed by atoms with E-state index in [4.69, 9.17) is 39.2 Å². The van der Waals surface area contributed by atoms with Crippen LogP contribution in [0.3, 0.4) is 0 Å². The molecule has 0 unspecified atom stereocenters. The minimum absolute atomic E-state index is 0.205. The third-order valence-electron chi connectivity index (χ3n) is 4.16. The Balaban J connectivity index is 1.52. The van der Waals surface area contributed by atoms with Crippen molar-refractivity contribution < 1.29 is 9.21 Å². The molecule has 0 aliphatic carbocycles. The molecule has 2 aromatic heterocycles. The first kappa shape index (κ1) is 19.3. The van der Waals surface area contributed by atoms with Gasteiger partial charge in [0.15, 0.2) is 10.9 Å². The summed E-state index contributed by atoms with van der Waals surface area (Å²) in [5.41, 5.74) is 2.47. The summed E-state index contributed by atoms with van der Waals surface area (Å²) in [7, 11) is 0. The number of nitrogens with zero attached hydrogens (tertiary/aromatic N) is 1. The summed E-state index contributed by atoms with van der Waals surface area (Å²) < 4.78 is 5.59. The first-order valence-electron chi connectivity index (χ1n) is 8.30. The second kappa shape index (κ2) is 7.76. The number of thiazole rings is 1. The van der Waals surface area contributed by atoms with Gasteiger partial charge in [-0.3, -0.25) is 10.1 Å². The highest BCUT2D eigenvalue weighted by atomic mass is 35.5. The van der Waals surface area contributed by atoms with E-state index in [9.17, 15) is 4.79 Å². The highest BCUT2D eigenvalue weighted by Crippen LogP contribution is 2.29. The van der Waals surface area contributed by atoms with Gasteiger partial charge in [-0.15, -0.1) is 11.3 Å². The summed E-state index contributed by atoms with van der Waals surface area (Å²) in [5.74, 6) is -0.154. The summed E-state index contributed by atoms with van der Waals surface area (Å²) in [6, 6.07) is 12.4. The number of hydrogen-bond acceptors (Lipinski definition) is 4. The predicted molar refractivity (Wildman–Crippen MR) is 115 cm³/mol. The number of furan rings is 1. The number of carbonyl (C=O) groups is 1. The van der Waals surface area contributed by atoms with E-state index >= 15 is 0 Å². The quantitative estimate of drug-likeness (QED) is 0.363. The van der Waals surface area contributed by atoms with Crippen LogP contribution in [0.1, 0.15) is 26.7 Å². The number of fused-ring (bicyclic) bond motifs is 1. The molecule has 0 spiro atoms. The smallest absolute Gasteiger partial charge is 0.293 e. The standard InChI is InChI=1S/C20H13Cl3N2O2S/c1-10-18(7-11-2-4-14(22)15(23)6-11)28-20(24-10)25-19(26)17-9-12-8-13(21)3-5-16(12)27-17/h2-6,8-9H,7H2,1H3,(H,24,25,26). The lowest BCUT2D eigenvalue weighted by atomic mass is 10.1. The molecule has 8 heteroatoms. The first-order chi connectivity index (χ1) is 13.4. The fraction of sp³-hybridized carbons (Fsp3) is 0.100. The van der Waals surface area contributed by atoms with Crippen molar-refractivity contribution in [1.29, 1.82) is 0 Å². The monoisotopic (exact) mass is 450 g/mol. The summed E-state index contributed by atoms with van der Waals surface area (Å²) in [5, 5.41) is 5.70. The van der Waals surface area contributed by atoms with Gasteiger partial charge in [0.25, 0.3) is 5.91 Å². The van der Waals surface area contributed by atoms with Gasteiger partial charge >= 0.3 is 0 Å². The SMILES string of the molecule is Cc1nc(NC(=O)c2cc3cc(Cl)ccc3o2)sc1Cc1ccc(Cl)c(Cl)c1. The number of amides is 1. The van der Waals surface area contributed by atoms with Gasteiger partial charge in [0.05, 0.1) is 15.7 Å². The zero-order chi connectivity index (χ0) is 19.8. The van der Waals surface area contributed by atoms with Crippen LogP contribution >= 0.6 is 46.1 Å². The van der Waals surface area contributed by atoms with Gasteiger partial charge in [-0.25, -0.2) is 4.98 Å². The molecule has 28 heavy (non-hydrogen) atoms. The number of aryl methyl sites for hydroxylation is 1. The van der Waals surface area contributed by atoms with Gasteiger partial charge in [-0.2, -0.15) is 0 Å². The van der Waals surface area contributed by atoms with Crippen molar-refractivity contribution in [2.24, 2.45) is 0 Å². The van der Waals surface area contributed by atoms with E-state index in [0.29, 0.717) is 32.2 Å². The van der Waals surface area contributed by atoms with Crippen molar-refractivity contribution in [2.45, 2.75) is 13.3 Å². The van der Waals surface area contributed by atoms with Crippen LogP contribution in [0.4, 0.5) is 5.13 Å². The summed E-state index contributed by atoms with van der Waals surface area (Å²) in [6.45, 7) is 1.90. The zero-order valence-electron chi connectivity index (χ0n) is 14.6. The molecule has 2 aromatic carbocycles. The molecule has 0 fully saturated rings. The van der Waals surface area contributed by atoms with Gasteiger partial charge in [-0.1, -0.05) is 40.9 Å². The van der Waals surface area contributed by atoms with Gasteiger partial charge in [0, 0.05) is 21.7 Å². The fourth-order valence-electron chi connectivity index (χ4n) is 2.77. The van der Waals surface area contributed by atoms with Gasteiger partial charge < -0.3 is 4.42 Å². The Morgan fingerprint density at radius 2 is 1.93 bits per heavy atom. The van der Waals surface area contributed by atoms with Crippen LogP contribution in [-0.4, -0.2) is 10.9 Å². The second-order valence-electron chi connectivity index (χ2n) is 6.20. The molecule has 0 aliphatic rings. The van der Waals surface area contributed by atoms with Crippen LogP contribution in [-0.2, 0) is 6.42 Å². The maximum absolute atomic E-state index is 12.5. The highest BCUT2D eigenvalue weighted by Gasteiger charge is 2.16. The van der Waals surface area contributed by atoms with E-state index in [1.54, 1.807) is 30.3 Å². The van der Waals surface area contributed by atoms with Gasteiger partial charge in [0.2, 0.25) is 0 Å². The van der Waals surface area contributed by atoms with Crippen LogP contribution in [0.15, 0.2) is 46.9 Å². The minimum Gasteiger partial charge on any atom is -0.451 e. The minimum atomic E-state index is -0.359. The number of halogens is 3. The van der Waals surface area contributed by atoms with E-state index in [1.165, 1.54) is 11.3 Å². The predicted octanol–water partition coefficient (Wildman–Crippen LogP) is 7.00. The number of rotatable bonds is 4. The third-order valence-corrected chi connectivity index (χ3v) is 6.21. The fourth-order valence-corrected chi connectivity index (χ4v) is 4.26. The average Bonchev–Trinajstić information content (AvgIpc) is 3.21. The van der Waals surface area contributed by atoms with Crippen molar-refractivity contribution >= 4 is 68.1 Å². The molecule has 1 amide bonds. The maximum atomic E-state index is 12.5. The van der Waals surface area contributed by atoms with Crippen LogP contribution < -0.4 is 5.32 Å². The topological polar surface area (TPSA) is 55.1 Å². The number of hydrogen-bond donors (Lipinski definition) is 1. The van der Waals surface area contributed by atoms with Gasteiger partial charge in [-0.05, 0) is 48.9 Å². The van der Waals surface area contributed by atoms with Crippen molar-refractivity contribution in [3.05, 3.63) is 79.4 Å². The molecule has 0 saturated heterocycles. The lowest BCUT2D eigenvalue weighted by molar-refractivity contribution is 0.0998. The molecular formula is C20H13Cl3N2O2S. The van der Waals surface area contributed by atoms with Crippen LogP contribution in [0, 0.1) is 6.92 Å². The number of nitrogens with one attached hydrogen (secondary N) is 1. The molecule has 4 nitrogen and oxygen atoms in total. The summed E-state index contributed by atoms with van der Waals surface area (Å²) >= 11 is 19.4. The Hall–Kier alpha value is -2.05. The molecule has 142 valence electrons. The normalized spacial score (nSPS) is 11.1. The zero-order valence-corrected chi connectivity index (χ0v) is 17.6. The summed E-state index contributed by atoms with van der Waals surface area (Å²) in [6.07, 6.45) is 0.652. The number of benzene rings is 2. The van der Waals surface area contributed by atoms with Crippen LogP contribution in [0.5, 0.6) is 0 Å². The Labute approximate surface area is 180 Å². The Morgan fingerprint density at radius 1 is 1.11 bits per heavy atom. The molecule has 4 aromatic rings. The molecule has 2 heterocycles. The molecule has 0 saturated carbocycles. The van der Waals surface area contributed by atoms with Crippen molar-refractivity contribution in [2.75, 3.05) is 5.32 Å².